The van der Waals surface area contributed by atoms with Crippen molar-refractivity contribution in [3.05, 3.63) is 52.9 Å². The summed E-state index contributed by atoms with van der Waals surface area (Å²) in [5, 5.41) is 3.31. The van der Waals surface area contributed by atoms with Gasteiger partial charge in [-0.25, -0.2) is 9.78 Å². The zero-order valence-corrected chi connectivity index (χ0v) is 17.0. The van der Waals surface area contributed by atoms with Gasteiger partial charge in [0.1, 0.15) is 18.0 Å². The molecule has 0 spiro atoms. The topological polar surface area (TPSA) is 90.4 Å². The molecule has 2 aromatic rings. The van der Waals surface area contributed by atoms with Crippen LogP contribution in [0, 0.1) is 5.92 Å². The molecule has 1 saturated carbocycles. The quantitative estimate of drug-likeness (QED) is 0.537. The molecular weight excluding hydrogens is 394 g/mol. The van der Waals surface area contributed by atoms with Crippen molar-refractivity contribution in [2.24, 2.45) is 5.92 Å². The van der Waals surface area contributed by atoms with Crippen LogP contribution in [-0.4, -0.2) is 34.6 Å². The van der Waals surface area contributed by atoms with Gasteiger partial charge >= 0.3 is 11.9 Å². The van der Waals surface area contributed by atoms with Crippen LogP contribution in [0.2, 0.25) is 5.28 Å². The summed E-state index contributed by atoms with van der Waals surface area (Å²) in [5.41, 5.74) is 1.23. The molecule has 1 fully saturated rings. The van der Waals surface area contributed by atoms with E-state index in [0.29, 0.717) is 25.3 Å². The van der Waals surface area contributed by atoms with E-state index in [4.69, 9.17) is 21.1 Å². The first-order valence-electron chi connectivity index (χ1n) is 9.73. The summed E-state index contributed by atoms with van der Waals surface area (Å²) in [7, 11) is 0. The minimum Gasteiger partial charge on any atom is -0.462 e. The molecule has 1 heterocycles. The third-order valence-electron chi connectivity index (χ3n) is 4.88. The molecule has 1 aromatic carbocycles. The van der Waals surface area contributed by atoms with Crippen LogP contribution < -0.4 is 5.32 Å². The molecule has 0 radical (unpaired) electrons. The molecule has 154 valence electrons. The van der Waals surface area contributed by atoms with E-state index in [2.05, 4.69) is 15.3 Å². The van der Waals surface area contributed by atoms with E-state index in [1.54, 1.807) is 6.92 Å². The lowest BCUT2D eigenvalue weighted by Gasteiger charge is -2.28. The second-order valence-corrected chi connectivity index (χ2v) is 7.25. The Morgan fingerprint density at radius 1 is 1.14 bits per heavy atom. The molecule has 0 atom stereocenters. The first-order valence-corrected chi connectivity index (χ1v) is 10.1. The Morgan fingerprint density at radius 2 is 1.86 bits per heavy atom. The van der Waals surface area contributed by atoms with E-state index >= 15 is 0 Å². The number of benzene rings is 1. The Kier molecular flexibility index (Phi) is 7.41. The summed E-state index contributed by atoms with van der Waals surface area (Å²) in [4.78, 5) is 32.5. The maximum absolute atomic E-state index is 12.4. The van der Waals surface area contributed by atoms with E-state index in [1.165, 1.54) is 6.20 Å². The van der Waals surface area contributed by atoms with Crippen LogP contribution in [0.4, 0.5) is 5.82 Å². The number of carbonyl (C=O) groups excluding carboxylic acids is 2. The van der Waals surface area contributed by atoms with Gasteiger partial charge < -0.3 is 14.8 Å². The van der Waals surface area contributed by atoms with Gasteiger partial charge in [0.05, 0.1) is 12.5 Å². The van der Waals surface area contributed by atoms with Crippen LogP contribution in [0.3, 0.4) is 0 Å². The lowest BCUT2D eigenvalue weighted by atomic mass is 9.86. The third kappa shape index (κ3) is 5.90. The molecular formula is C21H24ClN3O4. The fourth-order valence-corrected chi connectivity index (χ4v) is 3.48. The molecule has 7 nitrogen and oxygen atoms in total. The van der Waals surface area contributed by atoms with Crippen LogP contribution in [0.5, 0.6) is 0 Å². The number of aromatic nitrogens is 2. The Labute approximate surface area is 174 Å². The number of hydrogen-bond acceptors (Lipinski definition) is 7. The molecule has 1 aliphatic rings. The Hall–Kier alpha value is -2.67. The van der Waals surface area contributed by atoms with Gasteiger partial charge in [0.25, 0.3) is 0 Å². The van der Waals surface area contributed by atoms with Crippen molar-refractivity contribution >= 4 is 29.4 Å². The molecule has 0 bridgehead atoms. The average molecular weight is 418 g/mol. The van der Waals surface area contributed by atoms with Gasteiger partial charge in [0, 0.05) is 12.2 Å². The summed E-state index contributed by atoms with van der Waals surface area (Å²) in [6, 6.07) is 9.71. The molecule has 29 heavy (non-hydrogen) atoms. The highest BCUT2D eigenvalue weighted by Gasteiger charge is 2.28. The minimum absolute atomic E-state index is 0.0544. The van der Waals surface area contributed by atoms with Gasteiger partial charge in [-0.3, -0.25) is 4.79 Å². The zero-order chi connectivity index (χ0) is 20.6. The molecule has 1 N–H and O–H groups in total. The maximum Gasteiger partial charge on any atom is 0.343 e. The number of ether oxygens (including phenoxy) is 2. The summed E-state index contributed by atoms with van der Waals surface area (Å²) in [5.74, 6) is -0.414. The van der Waals surface area contributed by atoms with E-state index in [1.807, 2.05) is 30.3 Å². The van der Waals surface area contributed by atoms with Gasteiger partial charge in [0.2, 0.25) is 5.28 Å². The number of anilines is 1. The van der Waals surface area contributed by atoms with Gasteiger partial charge in [-0.2, -0.15) is 4.98 Å². The summed E-state index contributed by atoms with van der Waals surface area (Å²) in [6.45, 7) is 2.29. The molecule has 8 heteroatoms. The SMILES string of the molecule is CCOC(=O)c1cnc(Cl)nc1N[C@H]1CC[C@H](C(=O)OCc2ccccc2)CC1. The fraction of sp³-hybridized carbons (Fsp3) is 0.429. The number of nitrogens with one attached hydrogen (secondary N) is 1. The highest BCUT2D eigenvalue weighted by atomic mass is 35.5. The molecule has 0 saturated heterocycles. The number of esters is 2. The highest BCUT2D eigenvalue weighted by molar-refractivity contribution is 6.28. The van der Waals surface area contributed by atoms with Gasteiger partial charge in [0.15, 0.2) is 0 Å². The van der Waals surface area contributed by atoms with Crippen molar-refractivity contribution in [3.63, 3.8) is 0 Å². The van der Waals surface area contributed by atoms with Crippen molar-refractivity contribution in [3.8, 4) is 0 Å². The number of nitrogens with zero attached hydrogens (tertiary/aromatic N) is 2. The molecule has 0 amide bonds. The normalized spacial score (nSPS) is 18.7. The number of hydrogen-bond donors (Lipinski definition) is 1. The van der Waals surface area contributed by atoms with Crippen molar-refractivity contribution in [2.45, 2.75) is 45.3 Å². The first-order chi connectivity index (χ1) is 14.1. The van der Waals surface area contributed by atoms with E-state index in [0.717, 1.165) is 18.4 Å². The van der Waals surface area contributed by atoms with Gasteiger partial charge in [-0.15, -0.1) is 0 Å². The molecule has 1 aromatic heterocycles. The summed E-state index contributed by atoms with van der Waals surface area (Å²) in [6.07, 6.45) is 4.30. The third-order valence-corrected chi connectivity index (χ3v) is 5.06. The minimum atomic E-state index is -0.496. The van der Waals surface area contributed by atoms with Crippen LogP contribution >= 0.6 is 11.6 Å². The number of rotatable bonds is 7. The second kappa shape index (κ2) is 10.2. The average Bonchev–Trinajstić information content (AvgIpc) is 2.73. The Bertz CT molecular complexity index is 839. The smallest absolute Gasteiger partial charge is 0.343 e. The van der Waals surface area contributed by atoms with Crippen molar-refractivity contribution < 1.29 is 19.1 Å². The predicted molar refractivity (Wildman–Crippen MR) is 109 cm³/mol. The lowest BCUT2D eigenvalue weighted by Crippen LogP contribution is -2.31. The standard InChI is InChI=1S/C21H24ClN3O4/c1-2-28-20(27)17-12-23-21(22)25-18(17)24-16-10-8-15(9-11-16)19(26)29-13-14-6-4-3-5-7-14/h3-7,12,15-16H,2,8-11,13H2,1H3,(H,23,24,25)/t15-,16-. The monoisotopic (exact) mass is 417 g/mol. The van der Waals surface area contributed by atoms with Crippen LogP contribution in [0.25, 0.3) is 0 Å². The van der Waals surface area contributed by atoms with Crippen molar-refractivity contribution in [1.82, 2.24) is 9.97 Å². The molecule has 0 aliphatic heterocycles. The fourth-order valence-electron chi connectivity index (χ4n) is 3.34. The summed E-state index contributed by atoms with van der Waals surface area (Å²) < 4.78 is 10.5. The maximum atomic E-state index is 12.4. The van der Waals surface area contributed by atoms with Crippen molar-refractivity contribution in [1.29, 1.82) is 0 Å². The first kappa shape index (κ1) is 21.0. The zero-order valence-electron chi connectivity index (χ0n) is 16.3. The van der Waals surface area contributed by atoms with Gasteiger partial charge in [-0.05, 0) is 49.8 Å². The van der Waals surface area contributed by atoms with Gasteiger partial charge in [-0.1, -0.05) is 30.3 Å². The molecule has 3 rings (SSSR count). The second-order valence-electron chi connectivity index (χ2n) is 6.91. The number of halogens is 1. The van der Waals surface area contributed by atoms with Crippen molar-refractivity contribution in [2.75, 3.05) is 11.9 Å². The van der Waals surface area contributed by atoms with Crippen LogP contribution in [0.15, 0.2) is 36.5 Å². The highest BCUT2D eigenvalue weighted by Crippen LogP contribution is 2.28. The van der Waals surface area contributed by atoms with E-state index in [9.17, 15) is 9.59 Å². The van der Waals surface area contributed by atoms with E-state index < -0.39 is 5.97 Å². The molecule has 0 unspecified atom stereocenters. The largest absolute Gasteiger partial charge is 0.462 e. The molecule has 1 aliphatic carbocycles. The Balaban J connectivity index is 1.53. The predicted octanol–water partition coefficient (Wildman–Crippen LogP) is 4.02. The van der Waals surface area contributed by atoms with Crippen LogP contribution in [0.1, 0.15) is 48.5 Å². The lowest BCUT2D eigenvalue weighted by molar-refractivity contribution is -0.151. The van der Waals surface area contributed by atoms with Crippen LogP contribution in [-0.2, 0) is 20.9 Å². The number of carbonyl (C=O) groups is 2. The van der Waals surface area contributed by atoms with E-state index in [-0.39, 0.29) is 35.4 Å². The summed E-state index contributed by atoms with van der Waals surface area (Å²) >= 11 is 5.89. The Morgan fingerprint density at radius 3 is 2.55 bits per heavy atom.